The van der Waals surface area contributed by atoms with E-state index < -0.39 is 0 Å². The van der Waals surface area contributed by atoms with Gasteiger partial charge in [-0.3, -0.25) is 14.6 Å². The Bertz CT molecular complexity index is 709. The maximum atomic E-state index is 12.5. The number of anilines is 2. The minimum atomic E-state index is 0.0499. The number of methoxy groups -OCH3 is 1. The molecule has 2 N–H and O–H groups in total. The molecule has 0 bridgehead atoms. The maximum absolute atomic E-state index is 12.5. The molecule has 0 radical (unpaired) electrons. The number of nitrogens with two attached hydrogens (primary N) is 1. The second-order valence-corrected chi connectivity index (χ2v) is 8.35. The van der Waals surface area contributed by atoms with Gasteiger partial charge in [-0.1, -0.05) is 19.8 Å². The molecular weight excluding hydrogens is 396 g/mol. The molecule has 0 spiro atoms. The number of ether oxygens (including phenoxy) is 2. The van der Waals surface area contributed by atoms with Crippen LogP contribution in [0.4, 0.5) is 11.6 Å². The van der Waals surface area contributed by atoms with Crippen LogP contribution in [0.5, 0.6) is 6.01 Å². The Morgan fingerprint density at radius 1 is 0.935 bits per heavy atom. The van der Waals surface area contributed by atoms with E-state index in [0.29, 0.717) is 24.8 Å². The summed E-state index contributed by atoms with van der Waals surface area (Å²) in [6.45, 7) is 10.8. The lowest BCUT2D eigenvalue weighted by atomic mass is 10.2. The third kappa shape index (κ3) is 6.75. The van der Waals surface area contributed by atoms with Crippen molar-refractivity contribution in [2.75, 3.05) is 76.8 Å². The average Bonchev–Trinajstić information content (AvgIpc) is 3.09. The number of rotatable bonds is 13. The summed E-state index contributed by atoms with van der Waals surface area (Å²) in [5, 5.41) is 0. The summed E-state index contributed by atoms with van der Waals surface area (Å²) in [6, 6.07) is 0.272. The number of amides is 1. The van der Waals surface area contributed by atoms with Gasteiger partial charge in [-0.15, -0.1) is 0 Å². The first-order chi connectivity index (χ1) is 15.1. The summed E-state index contributed by atoms with van der Waals surface area (Å²) < 4.78 is 10.8. The van der Waals surface area contributed by atoms with Gasteiger partial charge in [-0.05, 0) is 25.8 Å². The zero-order chi connectivity index (χ0) is 22.1. The Kier molecular flexibility index (Phi) is 9.30. The van der Waals surface area contributed by atoms with Crippen molar-refractivity contribution in [2.45, 2.75) is 45.4 Å². The van der Waals surface area contributed by atoms with E-state index >= 15 is 0 Å². The Morgan fingerprint density at radius 3 is 2.35 bits per heavy atom. The molecule has 9 nitrogen and oxygen atoms in total. The second kappa shape index (κ2) is 12.2. The molecule has 0 aliphatic carbocycles. The molecule has 1 fully saturated rings. The molecule has 3 rings (SSSR count). The topological polar surface area (TPSA) is 97.0 Å². The van der Waals surface area contributed by atoms with E-state index in [1.807, 2.05) is 0 Å². The molecule has 0 atom stereocenters. The van der Waals surface area contributed by atoms with Crippen LogP contribution in [0, 0.1) is 0 Å². The zero-order valence-corrected chi connectivity index (χ0v) is 19.1. The molecule has 1 aromatic heterocycles. The van der Waals surface area contributed by atoms with Crippen molar-refractivity contribution < 1.29 is 14.3 Å². The fraction of sp³-hybridized carbons (Fsp3) is 0.773. The smallest absolute Gasteiger partial charge is 0.320 e. The summed E-state index contributed by atoms with van der Waals surface area (Å²) in [5.74, 6) is 1.04. The molecule has 1 saturated heterocycles. The molecule has 2 aliphatic heterocycles. The first-order valence-corrected chi connectivity index (χ1v) is 11.7. The highest BCUT2D eigenvalue weighted by molar-refractivity contribution is 6.01. The highest BCUT2D eigenvalue weighted by atomic mass is 16.5. The molecule has 1 amide bonds. The van der Waals surface area contributed by atoms with Gasteiger partial charge >= 0.3 is 6.01 Å². The van der Waals surface area contributed by atoms with Crippen LogP contribution in [-0.4, -0.2) is 91.8 Å². The average molecular weight is 435 g/mol. The molecule has 1 aromatic rings. The fourth-order valence-electron chi connectivity index (χ4n) is 4.07. The molecule has 0 unspecified atom stereocenters. The summed E-state index contributed by atoms with van der Waals surface area (Å²) in [4.78, 5) is 28.0. The molecule has 174 valence electrons. The van der Waals surface area contributed by atoms with Gasteiger partial charge in [-0.25, -0.2) is 0 Å². The van der Waals surface area contributed by atoms with Crippen LogP contribution in [0.1, 0.15) is 44.6 Å². The van der Waals surface area contributed by atoms with Gasteiger partial charge in [0.1, 0.15) is 11.6 Å². The van der Waals surface area contributed by atoms with Gasteiger partial charge in [-0.2, -0.15) is 9.97 Å². The van der Waals surface area contributed by atoms with Crippen LogP contribution < -0.4 is 15.4 Å². The minimum absolute atomic E-state index is 0.0499. The number of hydrogen-bond acceptors (Lipinski definition) is 8. The standard InChI is InChI=1S/C22H38N6O3/c1-3-4-15-31-22-24-20(23)18-17-19(29)28(21(18)25-22)9-7-5-6-8-26-10-12-27(13-11-26)14-16-30-2/h3-17H2,1-2H3,(H2,23,24,25). The Balaban J connectivity index is 1.40. The van der Waals surface area contributed by atoms with E-state index in [9.17, 15) is 4.79 Å². The molecule has 9 heteroatoms. The van der Waals surface area contributed by atoms with Crippen LogP contribution in [0.25, 0.3) is 0 Å². The van der Waals surface area contributed by atoms with Gasteiger partial charge in [0, 0.05) is 51.9 Å². The van der Waals surface area contributed by atoms with E-state index in [-0.39, 0.29) is 18.3 Å². The van der Waals surface area contributed by atoms with Gasteiger partial charge in [0.15, 0.2) is 0 Å². The number of unbranched alkanes of at least 4 members (excludes halogenated alkanes) is 3. The van der Waals surface area contributed by atoms with E-state index in [1.54, 1.807) is 12.0 Å². The van der Waals surface area contributed by atoms with E-state index in [0.717, 1.165) is 83.5 Å². The normalized spacial score (nSPS) is 17.4. The minimum Gasteiger partial charge on any atom is -0.463 e. The van der Waals surface area contributed by atoms with Crippen LogP contribution in [0.15, 0.2) is 0 Å². The van der Waals surface area contributed by atoms with Crippen molar-refractivity contribution >= 4 is 17.5 Å². The lowest BCUT2D eigenvalue weighted by Gasteiger charge is -2.34. The number of hydrogen-bond donors (Lipinski definition) is 1. The van der Waals surface area contributed by atoms with Crippen molar-refractivity contribution in [2.24, 2.45) is 0 Å². The van der Waals surface area contributed by atoms with Crippen LogP contribution in [-0.2, 0) is 16.0 Å². The lowest BCUT2D eigenvalue weighted by molar-refractivity contribution is -0.117. The molecule has 31 heavy (non-hydrogen) atoms. The van der Waals surface area contributed by atoms with E-state index in [2.05, 4.69) is 26.7 Å². The van der Waals surface area contributed by atoms with Gasteiger partial charge < -0.3 is 20.1 Å². The fourth-order valence-corrected chi connectivity index (χ4v) is 4.07. The van der Waals surface area contributed by atoms with Crippen molar-refractivity contribution in [1.29, 1.82) is 0 Å². The van der Waals surface area contributed by atoms with E-state index in [4.69, 9.17) is 15.2 Å². The number of carbonyl (C=O) groups is 1. The lowest BCUT2D eigenvalue weighted by Crippen LogP contribution is -2.47. The largest absolute Gasteiger partial charge is 0.463 e. The number of carbonyl (C=O) groups excluding carboxylic acids is 1. The summed E-state index contributed by atoms with van der Waals surface area (Å²) in [7, 11) is 1.76. The molecule has 3 heterocycles. The Morgan fingerprint density at radius 2 is 1.65 bits per heavy atom. The summed E-state index contributed by atoms with van der Waals surface area (Å²) in [6.07, 6.45) is 5.44. The van der Waals surface area contributed by atoms with Crippen molar-refractivity contribution in [1.82, 2.24) is 19.8 Å². The highest BCUT2D eigenvalue weighted by Gasteiger charge is 2.31. The number of fused-ring (bicyclic) bond motifs is 1. The molecular formula is C22H38N6O3. The van der Waals surface area contributed by atoms with Gasteiger partial charge in [0.25, 0.3) is 0 Å². The summed E-state index contributed by atoms with van der Waals surface area (Å²) >= 11 is 0. The molecule has 0 saturated carbocycles. The third-order valence-electron chi connectivity index (χ3n) is 6.04. The monoisotopic (exact) mass is 434 g/mol. The third-order valence-corrected chi connectivity index (χ3v) is 6.04. The predicted octanol–water partition coefficient (Wildman–Crippen LogP) is 1.56. The molecule has 2 aliphatic rings. The van der Waals surface area contributed by atoms with Gasteiger partial charge in [0.2, 0.25) is 5.91 Å². The van der Waals surface area contributed by atoms with Crippen molar-refractivity contribution in [3.63, 3.8) is 0 Å². The summed E-state index contributed by atoms with van der Waals surface area (Å²) in [5.41, 5.74) is 6.81. The first-order valence-electron chi connectivity index (χ1n) is 11.7. The Labute approximate surface area is 185 Å². The van der Waals surface area contributed by atoms with E-state index in [1.165, 1.54) is 0 Å². The first kappa shape index (κ1) is 23.7. The van der Waals surface area contributed by atoms with Crippen LogP contribution in [0.2, 0.25) is 0 Å². The number of nitrogens with zero attached hydrogens (tertiary/aromatic N) is 5. The second-order valence-electron chi connectivity index (χ2n) is 8.35. The highest BCUT2D eigenvalue weighted by Crippen LogP contribution is 2.32. The van der Waals surface area contributed by atoms with Crippen molar-refractivity contribution in [3.8, 4) is 6.01 Å². The quantitative estimate of drug-likeness (QED) is 0.467. The maximum Gasteiger partial charge on any atom is 0.320 e. The van der Waals surface area contributed by atoms with Crippen molar-refractivity contribution in [3.05, 3.63) is 5.56 Å². The zero-order valence-electron chi connectivity index (χ0n) is 19.1. The predicted molar refractivity (Wildman–Crippen MR) is 122 cm³/mol. The number of nitrogen functional groups attached to an aromatic ring is 1. The van der Waals surface area contributed by atoms with Crippen LogP contribution in [0.3, 0.4) is 0 Å². The number of piperazine rings is 1. The Hall–Kier alpha value is -1.97. The number of aromatic nitrogens is 2. The van der Waals surface area contributed by atoms with Crippen LogP contribution >= 0.6 is 0 Å². The SMILES string of the molecule is CCCCOc1nc(N)c2c(n1)N(CCCCCN1CCN(CCOC)CC1)C(=O)C2. The van der Waals surface area contributed by atoms with Gasteiger partial charge in [0.05, 0.1) is 19.6 Å². The molecule has 0 aromatic carbocycles.